The maximum absolute atomic E-state index is 5.53. The summed E-state index contributed by atoms with van der Waals surface area (Å²) in [5, 5.41) is 5.28. The zero-order valence-corrected chi connectivity index (χ0v) is 14.2. The van der Waals surface area contributed by atoms with Crippen LogP contribution in [0.25, 0.3) is 10.8 Å². The maximum atomic E-state index is 5.53. The van der Waals surface area contributed by atoms with E-state index in [1.165, 1.54) is 5.56 Å². The molecular weight excluding hydrogens is 332 g/mol. The van der Waals surface area contributed by atoms with Gasteiger partial charge in [-0.2, -0.15) is 0 Å². The Morgan fingerprint density at radius 2 is 1.92 bits per heavy atom. The Morgan fingerprint density at radius 1 is 1.00 bits per heavy atom. The molecule has 1 N–H and O–H groups in total. The summed E-state index contributed by atoms with van der Waals surface area (Å²) in [6.07, 6.45) is 4.16. The van der Waals surface area contributed by atoms with Crippen molar-refractivity contribution in [2.24, 2.45) is 0 Å². The van der Waals surface area contributed by atoms with Gasteiger partial charge in [0.1, 0.15) is 17.9 Å². The number of rotatable bonds is 6. The van der Waals surface area contributed by atoms with Gasteiger partial charge in [0.05, 0.1) is 17.1 Å². The van der Waals surface area contributed by atoms with Crippen LogP contribution >= 0.6 is 11.3 Å². The van der Waals surface area contributed by atoms with Gasteiger partial charge in [-0.05, 0) is 23.1 Å². The molecule has 3 heterocycles. The smallest absolute Gasteiger partial charge is 0.236 e. The molecule has 6 heteroatoms. The van der Waals surface area contributed by atoms with Gasteiger partial charge in [0.2, 0.25) is 5.89 Å². The van der Waals surface area contributed by atoms with Crippen molar-refractivity contribution in [3.05, 3.63) is 83.5 Å². The average Bonchev–Trinajstić information content (AvgIpc) is 3.33. The summed E-state index contributed by atoms with van der Waals surface area (Å²) in [5.74, 6) is 2.22. The Labute approximate surface area is 149 Å². The van der Waals surface area contributed by atoms with Crippen molar-refractivity contribution >= 4 is 17.2 Å². The molecule has 4 aromatic rings. The fraction of sp³-hybridized carbons (Fsp3) is 0.105. The first-order valence-electron chi connectivity index (χ1n) is 7.95. The van der Waals surface area contributed by atoms with E-state index in [1.54, 1.807) is 23.8 Å². The molecule has 4 rings (SSSR count). The second-order valence-corrected chi connectivity index (χ2v) is 6.44. The minimum Gasteiger partial charge on any atom is -0.443 e. The number of hydrogen-bond acceptors (Lipinski definition) is 6. The summed E-state index contributed by atoms with van der Waals surface area (Å²) in [7, 11) is 0. The quantitative estimate of drug-likeness (QED) is 0.560. The van der Waals surface area contributed by atoms with Crippen LogP contribution in [0.1, 0.15) is 17.1 Å². The highest BCUT2D eigenvalue weighted by Gasteiger charge is 2.08. The Morgan fingerprint density at radius 3 is 2.76 bits per heavy atom. The Kier molecular flexibility index (Phi) is 4.52. The van der Waals surface area contributed by atoms with Crippen LogP contribution in [0.3, 0.4) is 0 Å². The Balaban J connectivity index is 1.41. The van der Waals surface area contributed by atoms with Gasteiger partial charge in [-0.25, -0.2) is 15.0 Å². The predicted molar refractivity (Wildman–Crippen MR) is 98.4 cm³/mol. The summed E-state index contributed by atoms with van der Waals surface area (Å²) in [4.78, 5) is 14.4. The standard InChI is InChI=1S/C19H16N4OS/c1-2-5-14(6-3-1)11-18-20-9-8-17(23-18)21-12-15-13-24-19(22-15)16-7-4-10-25-16/h1-10,13H,11-12H2,(H,20,21,23). The normalized spacial score (nSPS) is 10.7. The van der Waals surface area contributed by atoms with E-state index < -0.39 is 0 Å². The van der Waals surface area contributed by atoms with Crippen LogP contribution in [0, 0.1) is 0 Å². The van der Waals surface area contributed by atoms with E-state index in [0.717, 1.165) is 22.2 Å². The fourth-order valence-electron chi connectivity index (χ4n) is 2.44. The summed E-state index contributed by atoms with van der Waals surface area (Å²) in [6, 6.07) is 16.0. The zero-order valence-electron chi connectivity index (χ0n) is 13.4. The Bertz CT molecular complexity index is 935. The fourth-order valence-corrected chi connectivity index (χ4v) is 3.10. The molecule has 0 bridgehead atoms. The van der Waals surface area contributed by atoms with Gasteiger partial charge in [-0.3, -0.25) is 0 Å². The first-order valence-corrected chi connectivity index (χ1v) is 8.83. The third-order valence-electron chi connectivity index (χ3n) is 3.64. The lowest BCUT2D eigenvalue weighted by molar-refractivity contribution is 0.574. The topological polar surface area (TPSA) is 63.8 Å². The third-order valence-corrected chi connectivity index (χ3v) is 4.50. The zero-order chi connectivity index (χ0) is 16.9. The van der Waals surface area contributed by atoms with Crippen molar-refractivity contribution in [1.82, 2.24) is 15.0 Å². The minimum atomic E-state index is 0.552. The number of nitrogens with zero attached hydrogens (tertiary/aromatic N) is 3. The number of nitrogens with one attached hydrogen (secondary N) is 1. The average molecular weight is 348 g/mol. The molecule has 0 aliphatic heterocycles. The number of benzene rings is 1. The van der Waals surface area contributed by atoms with E-state index in [4.69, 9.17) is 4.42 Å². The molecule has 0 saturated carbocycles. The molecular formula is C19H16N4OS. The summed E-state index contributed by atoms with van der Waals surface area (Å²) in [6.45, 7) is 0.552. The SMILES string of the molecule is c1ccc(Cc2nccc(NCc3coc(-c4cccs4)n3)n2)cc1. The van der Waals surface area contributed by atoms with Crippen LogP contribution in [0.4, 0.5) is 5.82 Å². The minimum absolute atomic E-state index is 0.552. The molecule has 5 nitrogen and oxygen atoms in total. The molecule has 0 saturated heterocycles. The second kappa shape index (κ2) is 7.27. The summed E-state index contributed by atoms with van der Waals surface area (Å²) >= 11 is 1.61. The van der Waals surface area contributed by atoms with Crippen molar-refractivity contribution in [3.63, 3.8) is 0 Å². The van der Waals surface area contributed by atoms with Crippen molar-refractivity contribution < 1.29 is 4.42 Å². The molecule has 124 valence electrons. The van der Waals surface area contributed by atoms with E-state index in [-0.39, 0.29) is 0 Å². The molecule has 0 atom stereocenters. The van der Waals surface area contributed by atoms with E-state index in [2.05, 4.69) is 32.4 Å². The van der Waals surface area contributed by atoms with Crippen LogP contribution < -0.4 is 5.32 Å². The Hall–Kier alpha value is -2.99. The van der Waals surface area contributed by atoms with Gasteiger partial charge in [0, 0.05) is 12.6 Å². The van der Waals surface area contributed by atoms with Crippen molar-refractivity contribution in [1.29, 1.82) is 0 Å². The van der Waals surface area contributed by atoms with Crippen LogP contribution in [-0.2, 0) is 13.0 Å². The molecule has 1 aromatic carbocycles. The number of hydrogen-bond donors (Lipinski definition) is 1. The van der Waals surface area contributed by atoms with E-state index in [1.807, 2.05) is 41.8 Å². The van der Waals surface area contributed by atoms with Gasteiger partial charge in [-0.15, -0.1) is 11.3 Å². The van der Waals surface area contributed by atoms with Crippen molar-refractivity contribution in [3.8, 4) is 10.8 Å². The second-order valence-electron chi connectivity index (χ2n) is 5.50. The first-order chi connectivity index (χ1) is 12.4. The third kappa shape index (κ3) is 3.92. The molecule has 0 aliphatic rings. The predicted octanol–water partition coefficient (Wildman–Crippen LogP) is 4.40. The summed E-state index contributed by atoms with van der Waals surface area (Å²) < 4.78 is 5.53. The monoisotopic (exact) mass is 348 g/mol. The lowest BCUT2D eigenvalue weighted by atomic mass is 10.1. The van der Waals surface area contributed by atoms with Gasteiger partial charge in [0.15, 0.2) is 0 Å². The summed E-state index contributed by atoms with van der Waals surface area (Å²) in [5.41, 5.74) is 2.03. The van der Waals surface area contributed by atoms with Crippen LogP contribution in [0.15, 0.2) is 70.8 Å². The van der Waals surface area contributed by atoms with Crippen molar-refractivity contribution in [2.45, 2.75) is 13.0 Å². The molecule has 0 unspecified atom stereocenters. The van der Waals surface area contributed by atoms with Crippen LogP contribution in [0.5, 0.6) is 0 Å². The van der Waals surface area contributed by atoms with E-state index >= 15 is 0 Å². The molecule has 0 fully saturated rings. The molecule has 0 amide bonds. The molecule has 0 aliphatic carbocycles. The maximum Gasteiger partial charge on any atom is 0.236 e. The number of oxazole rings is 1. The number of thiophene rings is 1. The largest absolute Gasteiger partial charge is 0.443 e. The van der Waals surface area contributed by atoms with E-state index in [0.29, 0.717) is 18.9 Å². The van der Waals surface area contributed by atoms with Crippen LogP contribution in [0.2, 0.25) is 0 Å². The molecule has 0 spiro atoms. The first kappa shape index (κ1) is 15.5. The highest BCUT2D eigenvalue weighted by molar-refractivity contribution is 7.13. The lowest BCUT2D eigenvalue weighted by Gasteiger charge is -2.05. The van der Waals surface area contributed by atoms with Gasteiger partial charge in [-0.1, -0.05) is 36.4 Å². The lowest BCUT2D eigenvalue weighted by Crippen LogP contribution is -2.04. The van der Waals surface area contributed by atoms with Gasteiger partial charge < -0.3 is 9.73 Å². The molecule has 3 aromatic heterocycles. The van der Waals surface area contributed by atoms with Gasteiger partial charge >= 0.3 is 0 Å². The molecule has 25 heavy (non-hydrogen) atoms. The highest BCUT2D eigenvalue weighted by atomic mass is 32.1. The molecule has 0 radical (unpaired) electrons. The van der Waals surface area contributed by atoms with Crippen LogP contribution in [-0.4, -0.2) is 15.0 Å². The van der Waals surface area contributed by atoms with E-state index in [9.17, 15) is 0 Å². The van der Waals surface area contributed by atoms with Crippen molar-refractivity contribution in [2.75, 3.05) is 5.32 Å². The van der Waals surface area contributed by atoms with Gasteiger partial charge in [0.25, 0.3) is 0 Å². The number of anilines is 1. The highest BCUT2D eigenvalue weighted by Crippen LogP contribution is 2.23. The number of aromatic nitrogens is 3.